The number of hydrogen-bond acceptors (Lipinski definition) is 5. The quantitative estimate of drug-likeness (QED) is 0.592. The number of hydrogen-bond donors (Lipinski definition) is 1. The fourth-order valence-electron chi connectivity index (χ4n) is 2.74. The first-order valence-corrected chi connectivity index (χ1v) is 10.3. The number of nitrogens with zero attached hydrogens (tertiary/aromatic N) is 3. The molecule has 1 aliphatic carbocycles. The van der Waals surface area contributed by atoms with E-state index in [1.54, 1.807) is 7.11 Å². The predicted octanol–water partition coefficient (Wildman–Crippen LogP) is 3.97. The molecular weight excluding hydrogens is 396 g/mol. The van der Waals surface area contributed by atoms with Crippen LogP contribution in [0.1, 0.15) is 12.8 Å². The van der Waals surface area contributed by atoms with Gasteiger partial charge in [0, 0.05) is 22.3 Å². The number of aromatic nitrogens is 3. The van der Waals surface area contributed by atoms with E-state index < -0.39 is 0 Å². The third-order valence-electron chi connectivity index (χ3n) is 4.34. The van der Waals surface area contributed by atoms with Crippen LogP contribution in [0.3, 0.4) is 0 Å². The molecule has 0 unspecified atom stereocenters. The number of ether oxygens (including phenoxy) is 1. The van der Waals surface area contributed by atoms with E-state index in [0.717, 1.165) is 29.8 Å². The second-order valence-corrected chi connectivity index (χ2v) is 7.86. The van der Waals surface area contributed by atoms with E-state index >= 15 is 0 Å². The van der Waals surface area contributed by atoms with E-state index in [9.17, 15) is 4.79 Å². The Morgan fingerprint density at radius 3 is 2.54 bits per heavy atom. The minimum atomic E-state index is 0.0177. The van der Waals surface area contributed by atoms with Gasteiger partial charge >= 0.3 is 0 Å². The SMILES string of the molecule is COc1ccc(-c2nnc(SCC(=O)NC3CC3)n2-c2ccc(Cl)cc2)cc1. The molecule has 0 saturated heterocycles. The van der Waals surface area contributed by atoms with E-state index in [0.29, 0.717) is 27.8 Å². The fraction of sp³-hybridized carbons (Fsp3) is 0.250. The van der Waals surface area contributed by atoms with Gasteiger partial charge in [-0.1, -0.05) is 23.4 Å². The standard InChI is InChI=1S/C20H19ClN4O2S/c1-27-17-10-2-13(3-11-17)19-23-24-20(28-12-18(26)22-15-6-7-15)25(19)16-8-4-14(21)5-9-16/h2-5,8-11,15H,6-7,12H2,1H3,(H,22,26). The van der Waals surface area contributed by atoms with Gasteiger partial charge in [0.25, 0.3) is 0 Å². The second kappa shape index (κ2) is 8.24. The number of carbonyl (C=O) groups is 1. The molecule has 4 rings (SSSR count). The molecule has 8 heteroatoms. The summed E-state index contributed by atoms with van der Waals surface area (Å²) in [6.07, 6.45) is 2.14. The number of benzene rings is 2. The first-order chi connectivity index (χ1) is 13.6. The summed E-state index contributed by atoms with van der Waals surface area (Å²) in [7, 11) is 1.63. The molecule has 6 nitrogen and oxygen atoms in total. The molecule has 1 saturated carbocycles. The van der Waals surface area contributed by atoms with Crippen molar-refractivity contribution in [2.45, 2.75) is 24.0 Å². The van der Waals surface area contributed by atoms with Crippen molar-refractivity contribution in [1.29, 1.82) is 0 Å². The highest BCUT2D eigenvalue weighted by molar-refractivity contribution is 7.99. The third-order valence-corrected chi connectivity index (χ3v) is 5.52. The minimum Gasteiger partial charge on any atom is -0.497 e. The number of rotatable bonds is 7. The zero-order chi connectivity index (χ0) is 19.5. The Balaban J connectivity index is 1.65. The van der Waals surface area contributed by atoms with Gasteiger partial charge in [-0.3, -0.25) is 9.36 Å². The topological polar surface area (TPSA) is 69.0 Å². The van der Waals surface area contributed by atoms with Crippen LogP contribution < -0.4 is 10.1 Å². The lowest BCUT2D eigenvalue weighted by Gasteiger charge is -2.11. The van der Waals surface area contributed by atoms with Gasteiger partial charge in [-0.15, -0.1) is 10.2 Å². The summed E-state index contributed by atoms with van der Waals surface area (Å²) in [5, 5.41) is 13.0. The van der Waals surface area contributed by atoms with Crippen LogP contribution in [-0.2, 0) is 4.79 Å². The lowest BCUT2D eigenvalue weighted by molar-refractivity contribution is -0.118. The van der Waals surface area contributed by atoms with Gasteiger partial charge < -0.3 is 10.1 Å². The fourth-order valence-corrected chi connectivity index (χ4v) is 3.63. The van der Waals surface area contributed by atoms with Gasteiger partial charge in [0.1, 0.15) is 5.75 Å². The van der Waals surface area contributed by atoms with Gasteiger partial charge in [0.15, 0.2) is 11.0 Å². The van der Waals surface area contributed by atoms with Crippen molar-refractivity contribution in [1.82, 2.24) is 20.1 Å². The number of methoxy groups -OCH3 is 1. The van der Waals surface area contributed by atoms with Gasteiger partial charge in [-0.05, 0) is 61.4 Å². The molecule has 28 heavy (non-hydrogen) atoms. The number of thioether (sulfide) groups is 1. The largest absolute Gasteiger partial charge is 0.497 e. The Hall–Kier alpha value is -2.51. The minimum absolute atomic E-state index is 0.0177. The highest BCUT2D eigenvalue weighted by Gasteiger charge is 2.24. The van der Waals surface area contributed by atoms with Crippen LogP contribution in [0, 0.1) is 0 Å². The molecule has 3 aromatic rings. The van der Waals surface area contributed by atoms with Crippen molar-refractivity contribution in [2.24, 2.45) is 0 Å². The molecular formula is C20H19ClN4O2S. The molecule has 1 fully saturated rings. The Bertz CT molecular complexity index is 969. The van der Waals surface area contributed by atoms with Gasteiger partial charge in [-0.2, -0.15) is 0 Å². The van der Waals surface area contributed by atoms with Crippen molar-refractivity contribution in [2.75, 3.05) is 12.9 Å². The summed E-state index contributed by atoms with van der Waals surface area (Å²) in [5.74, 6) is 1.78. The monoisotopic (exact) mass is 414 g/mol. The number of nitrogens with one attached hydrogen (secondary N) is 1. The van der Waals surface area contributed by atoms with Crippen LogP contribution >= 0.6 is 23.4 Å². The summed E-state index contributed by atoms with van der Waals surface area (Å²) in [5.41, 5.74) is 1.78. The second-order valence-electron chi connectivity index (χ2n) is 6.48. The zero-order valence-electron chi connectivity index (χ0n) is 15.3. The van der Waals surface area contributed by atoms with E-state index in [1.807, 2.05) is 53.1 Å². The van der Waals surface area contributed by atoms with Crippen LogP contribution in [0.4, 0.5) is 0 Å². The summed E-state index contributed by atoms with van der Waals surface area (Å²) < 4.78 is 7.17. The average molecular weight is 415 g/mol. The maximum atomic E-state index is 12.1. The molecule has 1 N–H and O–H groups in total. The number of amides is 1. The molecule has 0 aliphatic heterocycles. The van der Waals surface area contributed by atoms with Gasteiger partial charge in [0.2, 0.25) is 5.91 Å². The van der Waals surface area contributed by atoms with Crippen LogP contribution in [-0.4, -0.2) is 39.6 Å². The molecule has 144 valence electrons. The maximum absolute atomic E-state index is 12.1. The first-order valence-electron chi connectivity index (χ1n) is 8.92. The smallest absolute Gasteiger partial charge is 0.230 e. The predicted molar refractivity (Wildman–Crippen MR) is 110 cm³/mol. The molecule has 0 atom stereocenters. The van der Waals surface area contributed by atoms with Crippen molar-refractivity contribution in [3.05, 3.63) is 53.6 Å². The highest BCUT2D eigenvalue weighted by atomic mass is 35.5. The normalized spacial score (nSPS) is 13.4. The molecule has 1 aliphatic rings. The van der Waals surface area contributed by atoms with Gasteiger partial charge in [0.05, 0.1) is 12.9 Å². The van der Waals surface area contributed by atoms with E-state index in [1.165, 1.54) is 11.8 Å². The molecule has 0 spiro atoms. The summed E-state index contributed by atoms with van der Waals surface area (Å²) in [4.78, 5) is 12.1. The Kier molecular flexibility index (Phi) is 5.54. The van der Waals surface area contributed by atoms with Crippen LogP contribution in [0.5, 0.6) is 5.75 Å². The van der Waals surface area contributed by atoms with Crippen molar-refractivity contribution >= 4 is 29.3 Å². The van der Waals surface area contributed by atoms with E-state index in [4.69, 9.17) is 16.3 Å². The van der Waals surface area contributed by atoms with E-state index in [2.05, 4.69) is 15.5 Å². The lowest BCUT2D eigenvalue weighted by Crippen LogP contribution is -2.27. The van der Waals surface area contributed by atoms with Crippen LogP contribution in [0.25, 0.3) is 17.1 Å². The number of carbonyl (C=O) groups excluding carboxylic acids is 1. The molecule has 0 bridgehead atoms. The first kappa shape index (κ1) is 18.8. The Morgan fingerprint density at radius 2 is 1.89 bits per heavy atom. The summed E-state index contributed by atoms with van der Waals surface area (Å²) >= 11 is 7.41. The summed E-state index contributed by atoms with van der Waals surface area (Å²) in [6.45, 7) is 0. The van der Waals surface area contributed by atoms with Crippen molar-refractivity contribution < 1.29 is 9.53 Å². The zero-order valence-corrected chi connectivity index (χ0v) is 16.8. The lowest BCUT2D eigenvalue weighted by atomic mass is 10.2. The van der Waals surface area contributed by atoms with Gasteiger partial charge in [-0.25, -0.2) is 0 Å². The molecule has 1 aromatic heterocycles. The third kappa shape index (κ3) is 4.31. The highest BCUT2D eigenvalue weighted by Crippen LogP contribution is 2.29. The van der Waals surface area contributed by atoms with E-state index in [-0.39, 0.29) is 5.91 Å². The molecule has 1 amide bonds. The molecule has 0 radical (unpaired) electrons. The average Bonchev–Trinajstić information content (AvgIpc) is 3.43. The van der Waals surface area contributed by atoms with Crippen molar-refractivity contribution in [3.8, 4) is 22.8 Å². The molecule has 1 heterocycles. The Labute approximate surface area is 172 Å². The van der Waals surface area contributed by atoms with Crippen LogP contribution in [0.2, 0.25) is 5.02 Å². The molecule has 2 aromatic carbocycles. The number of halogens is 1. The Morgan fingerprint density at radius 1 is 1.18 bits per heavy atom. The maximum Gasteiger partial charge on any atom is 0.230 e. The summed E-state index contributed by atoms with van der Waals surface area (Å²) in [6, 6.07) is 15.4. The van der Waals surface area contributed by atoms with Crippen molar-refractivity contribution in [3.63, 3.8) is 0 Å². The van der Waals surface area contributed by atoms with Crippen LogP contribution in [0.15, 0.2) is 53.7 Å².